The lowest BCUT2D eigenvalue weighted by atomic mass is 10.0. The first-order valence-corrected chi connectivity index (χ1v) is 9.65. The fourth-order valence-corrected chi connectivity index (χ4v) is 3.72. The lowest BCUT2D eigenvalue weighted by molar-refractivity contribution is -0.115. The number of fused-ring (bicyclic) bond motifs is 1. The van der Waals surface area contributed by atoms with Crippen molar-refractivity contribution in [2.24, 2.45) is 0 Å². The smallest absolute Gasteiger partial charge is 0.237 e. The average Bonchev–Trinajstić information content (AvgIpc) is 3.11. The van der Waals surface area contributed by atoms with Gasteiger partial charge in [-0.3, -0.25) is 4.79 Å². The summed E-state index contributed by atoms with van der Waals surface area (Å²) in [6, 6.07) is 25.8. The van der Waals surface area contributed by atoms with Crippen molar-refractivity contribution in [1.82, 2.24) is 9.97 Å². The third kappa shape index (κ3) is 3.88. The second kappa shape index (κ2) is 7.68. The van der Waals surface area contributed by atoms with Crippen molar-refractivity contribution in [3.05, 3.63) is 78.9 Å². The number of para-hydroxylation sites is 2. The molecule has 0 bridgehead atoms. The molecule has 1 aromatic heterocycles. The summed E-state index contributed by atoms with van der Waals surface area (Å²) in [6.07, 6.45) is 0. The third-order valence-corrected chi connectivity index (χ3v) is 5.26. The third-order valence-electron chi connectivity index (χ3n) is 4.28. The minimum Gasteiger partial charge on any atom is -0.332 e. The summed E-state index contributed by atoms with van der Waals surface area (Å²) in [5.74, 6) is -0.0464. The molecule has 4 rings (SSSR count). The van der Waals surface area contributed by atoms with Crippen LogP contribution in [0.5, 0.6) is 0 Å². The molecule has 2 N–H and O–H groups in total. The van der Waals surface area contributed by atoms with Gasteiger partial charge in [-0.15, -0.1) is 0 Å². The number of nitrogens with zero attached hydrogens (tertiary/aromatic N) is 1. The van der Waals surface area contributed by atoms with Crippen molar-refractivity contribution in [3.63, 3.8) is 0 Å². The molecule has 1 unspecified atom stereocenters. The van der Waals surface area contributed by atoms with E-state index in [-0.39, 0.29) is 11.2 Å². The Balaban J connectivity index is 1.55. The molecule has 4 nitrogen and oxygen atoms in total. The van der Waals surface area contributed by atoms with E-state index in [1.165, 1.54) is 11.8 Å². The minimum atomic E-state index is -0.272. The van der Waals surface area contributed by atoms with Gasteiger partial charge in [0.1, 0.15) is 0 Å². The molecule has 5 heteroatoms. The predicted molar refractivity (Wildman–Crippen MR) is 112 cm³/mol. The summed E-state index contributed by atoms with van der Waals surface area (Å²) < 4.78 is 0. The van der Waals surface area contributed by atoms with E-state index >= 15 is 0 Å². The van der Waals surface area contributed by atoms with Crippen molar-refractivity contribution in [1.29, 1.82) is 0 Å². The second-order valence-corrected chi connectivity index (χ2v) is 7.55. The Morgan fingerprint density at radius 1 is 0.963 bits per heavy atom. The molecule has 0 saturated heterocycles. The van der Waals surface area contributed by atoms with Crippen LogP contribution in [0.2, 0.25) is 0 Å². The van der Waals surface area contributed by atoms with Gasteiger partial charge in [0.05, 0.1) is 16.3 Å². The van der Waals surface area contributed by atoms with Gasteiger partial charge in [-0.1, -0.05) is 72.4 Å². The molecule has 0 aliphatic heterocycles. The number of carbonyl (C=O) groups excluding carboxylic acids is 1. The molecule has 0 saturated carbocycles. The molecule has 0 aliphatic rings. The number of aromatic nitrogens is 2. The van der Waals surface area contributed by atoms with Crippen LogP contribution in [-0.2, 0) is 4.79 Å². The van der Waals surface area contributed by atoms with Crippen LogP contribution in [0.3, 0.4) is 0 Å². The van der Waals surface area contributed by atoms with E-state index in [1.54, 1.807) is 0 Å². The van der Waals surface area contributed by atoms with E-state index in [0.29, 0.717) is 0 Å². The van der Waals surface area contributed by atoms with E-state index in [0.717, 1.165) is 33.0 Å². The number of anilines is 1. The Bertz CT molecular complexity index is 1060. The lowest BCUT2D eigenvalue weighted by Gasteiger charge is -2.10. The molecule has 3 aromatic carbocycles. The maximum atomic E-state index is 12.4. The number of thioether (sulfide) groups is 1. The van der Waals surface area contributed by atoms with Gasteiger partial charge in [0.25, 0.3) is 0 Å². The molecule has 1 heterocycles. The van der Waals surface area contributed by atoms with Gasteiger partial charge in [-0.05, 0) is 30.7 Å². The molecule has 0 spiro atoms. The Labute approximate surface area is 162 Å². The summed E-state index contributed by atoms with van der Waals surface area (Å²) in [7, 11) is 0. The highest BCUT2D eigenvalue weighted by Gasteiger charge is 2.17. The van der Waals surface area contributed by atoms with Crippen LogP contribution in [0, 0.1) is 0 Å². The van der Waals surface area contributed by atoms with E-state index in [4.69, 9.17) is 0 Å². The molecule has 0 radical (unpaired) electrons. The number of H-pyrrole nitrogens is 1. The number of hydrogen-bond acceptors (Lipinski definition) is 3. The van der Waals surface area contributed by atoms with Crippen LogP contribution in [0.1, 0.15) is 6.92 Å². The number of carbonyl (C=O) groups is 1. The van der Waals surface area contributed by atoms with Crippen LogP contribution in [0.4, 0.5) is 5.69 Å². The zero-order valence-electron chi connectivity index (χ0n) is 14.8. The number of rotatable bonds is 5. The van der Waals surface area contributed by atoms with Gasteiger partial charge >= 0.3 is 0 Å². The number of aromatic amines is 1. The summed E-state index contributed by atoms with van der Waals surface area (Å²) in [5.41, 5.74) is 4.93. The van der Waals surface area contributed by atoms with Gasteiger partial charge in [0.2, 0.25) is 5.91 Å². The number of hydrogen-bond donors (Lipinski definition) is 2. The van der Waals surface area contributed by atoms with Crippen LogP contribution in [0.25, 0.3) is 22.2 Å². The van der Waals surface area contributed by atoms with Gasteiger partial charge < -0.3 is 10.3 Å². The number of nitrogens with one attached hydrogen (secondary N) is 2. The van der Waals surface area contributed by atoms with Gasteiger partial charge in [0.15, 0.2) is 5.16 Å². The van der Waals surface area contributed by atoms with Crippen molar-refractivity contribution in [3.8, 4) is 11.1 Å². The first-order chi connectivity index (χ1) is 13.2. The lowest BCUT2D eigenvalue weighted by Crippen LogP contribution is -2.22. The topological polar surface area (TPSA) is 57.8 Å². The van der Waals surface area contributed by atoms with E-state index in [9.17, 15) is 4.79 Å². The Kier molecular flexibility index (Phi) is 4.94. The average molecular weight is 373 g/mol. The SMILES string of the molecule is CC(Sc1nc2cccc(-c3ccccc3)c2[nH]1)C(=O)Nc1ccccc1. The van der Waals surface area contributed by atoms with Gasteiger partial charge in [-0.25, -0.2) is 4.98 Å². The maximum absolute atomic E-state index is 12.4. The molecule has 4 aromatic rings. The molecule has 0 aliphatic carbocycles. The number of amides is 1. The van der Waals surface area contributed by atoms with Crippen LogP contribution in [0.15, 0.2) is 84.0 Å². The summed E-state index contributed by atoms with van der Waals surface area (Å²) in [4.78, 5) is 20.5. The molecule has 27 heavy (non-hydrogen) atoms. The zero-order valence-corrected chi connectivity index (χ0v) is 15.7. The van der Waals surface area contributed by atoms with Crippen LogP contribution in [-0.4, -0.2) is 21.1 Å². The normalized spacial score (nSPS) is 12.0. The van der Waals surface area contributed by atoms with Crippen molar-refractivity contribution in [2.45, 2.75) is 17.3 Å². The Morgan fingerprint density at radius 3 is 2.41 bits per heavy atom. The Hall–Kier alpha value is -3.05. The quantitative estimate of drug-likeness (QED) is 0.464. The van der Waals surface area contributed by atoms with Gasteiger partial charge in [0, 0.05) is 11.3 Å². The standard InChI is InChI=1S/C22H19N3OS/c1-15(21(26)23-17-11-6-3-7-12-17)27-22-24-19-14-8-13-18(20(19)25-22)16-9-4-2-5-10-16/h2-15H,1H3,(H,23,26)(H,24,25). The highest BCUT2D eigenvalue weighted by molar-refractivity contribution is 8.00. The largest absolute Gasteiger partial charge is 0.332 e. The van der Waals surface area contributed by atoms with E-state index in [2.05, 4.69) is 33.5 Å². The first kappa shape index (κ1) is 17.4. The van der Waals surface area contributed by atoms with Crippen molar-refractivity contribution in [2.75, 3.05) is 5.32 Å². The Morgan fingerprint density at radius 2 is 1.67 bits per heavy atom. The fraction of sp³-hybridized carbons (Fsp3) is 0.0909. The predicted octanol–water partition coefficient (Wildman–Crippen LogP) is 5.35. The monoisotopic (exact) mass is 373 g/mol. The highest BCUT2D eigenvalue weighted by atomic mass is 32.2. The molecule has 1 atom stereocenters. The van der Waals surface area contributed by atoms with Gasteiger partial charge in [-0.2, -0.15) is 0 Å². The molecule has 1 amide bonds. The highest BCUT2D eigenvalue weighted by Crippen LogP contribution is 2.30. The summed E-state index contributed by atoms with van der Waals surface area (Å²) >= 11 is 1.42. The second-order valence-electron chi connectivity index (χ2n) is 6.22. The molecular weight excluding hydrogens is 354 g/mol. The maximum Gasteiger partial charge on any atom is 0.237 e. The van der Waals surface area contributed by atoms with Crippen molar-refractivity contribution >= 4 is 34.4 Å². The van der Waals surface area contributed by atoms with E-state index in [1.807, 2.05) is 67.6 Å². The zero-order chi connectivity index (χ0) is 18.6. The summed E-state index contributed by atoms with van der Waals surface area (Å²) in [5, 5.41) is 3.40. The van der Waals surface area contributed by atoms with Crippen molar-refractivity contribution < 1.29 is 4.79 Å². The van der Waals surface area contributed by atoms with Crippen LogP contribution >= 0.6 is 11.8 Å². The summed E-state index contributed by atoms with van der Waals surface area (Å²) in [6.45, 7) is 1.88. The minimum absolute atomic E-state index is 0.0464. The molecular formula is C22H19N3OS. The number of imidazole rings is 1. The first-order valence-electron chi connectivity index (χ1n) is 8.77. The van der Waals surface area contributed by atoms with Crippen LogP contribution < -0.4 is 5.32 Å². The fourth-order valence-electron chi connectivity index (χ4n) is 2.91. The van der Waals surface area contributed by atoms with E-state index < -0.39 is 0 Å². The molecule has 0 fully saturated rings. The molecule has 134 valence electrons. The number of benzene rings is 3.